The third kappa shape index (κ3) is 1.18. The molecule has 2 aromatic rings. The van der Waals surface area contributed by atoms with E-state index >= 15 is 0 Å². The molecule has 0 amide bonds. The van der Waals surface area contributed by atoms with Crippen molar-refractivity contribution in [1.82, 2.24) is 9.97 Å². The van der Waals surface area contributed by atoms with Crippen LogP contribution >= 0.6 is 11.6 Å². The van der Waals surface area contributed by atoms with Gasteiger partial charge in [-0.1, -0.05) is 12.1 Å². The van der Waals surface area contributed by atoms with E-state index in [0.29, 0.717) is 0 Å². The van der Waals surface area contributed by atoms with Crippen molar-refractivity contribution in [2.24, 2.45) is 0 Å². The molecule has 0 aliphatic heterocycles. The van der Waals surface area contributed by atoms with Gasteiger partial charge in [0.2, 0.25) is 0 Å². The molecule has 12 heavy (non-hydrogen) atoms. The summed E-state index contributed by atoms with van der Waals surface area (Å²) in [5.41, 5.74) is 2.01. The van der Waals surface area contributed by atoms with Gasteiger partial charge in [-0.3, -0.25) is 0 Å². The second-order valence-corrected chi connectivity index (χ2v) is 3.41. The first kappa shape index (κ1) is 7.62. The Bertz CT molecular complexity index is 359. The normalized spacial score (nSPS) is 13.5. The average molecular weight is 181 g/mol. The predicted octanol–water partition coefficient (Wildman–Crippen LogP) is 2.86. The molecule has 3 heteroatoms. The molecule has 0 saturated heterocycles. The monoisotopic (exact) mass is 180 g/mol. The van der Waals surface area contributed by atoms with Gasteiger partial charge in [-0.25, -0.2) is 4.98 Å². The van der Waals surface area contributed by atoms with Gasteiger partial charge < -0.3 is 4.98 Å². The van der Waals surface area contributed by atoms with E-state index in [9.17, 15) is 0 Å². The Labute approximate surface area is 75.6 Å². The van der Waals surface area contributed by atoms with Crippen molar-refractivity contribution >= 4 is 22.6 Å². The molecule has 0 aliphatic rings. The third-order valence-electron chi connectivity index (χ3n) is 1.78. The summed E-state index contributed by atoms with van der Waals surface area (Å²) in [6, 6.07) is 7.90. The molecule has 0 unspecified atom stereocenters. The number of nitrogens with one attached hydrogen (secondary N) is 1. The minimum Gasteiger partial charge on any atom is -0.341 e. The van der Waals surface area contributed by atoms with E-state index in [1.54, 1.807) is 0 Å². The van der Waals surface area contributed by atoms with Crippen molar-refractivity contribution < 1.29 is 0 Å². The number of benzene rings is 1. The Morgan fingerprint density at radius 1 is 1.42 bits per heavy atom. The number of halogens is 1. The molecule has 0 bridgehead atoms. The molecule has 1 atom stereocenters. The molecule has 2 rings (SSSR count). The molecule has 1 heterocycles. The molecule has 1 aromatic heterocycles. The molecule has 2 nitrogen and oxygen atoms in total. The Hall–Kier alpha value is -1.02. The van der Waals surface area contributed by atoms with Crippen molar-refractivity contribution in [2.45, 2.75) is 12.3 Å². The van der Waals surface area contributed by atoms with E-state index in [1.807, 2.05) is 31.2 Å². The number of para-hydroxylation sites is 2. The van der Waals surface area contributed by atoms with Crippen LogP contribution in [0, 0.1) is 0 Å². The number of fused-ring (bicyclic) bond motifs is 1. The van der Waals surface area contributed by atoms with Gasteiger partial charge in [-0.2, -0.15) is 0 Å². The van der Waals surface area contributed by atoms with Gasteiger partial charge >= 0.3 is 0 Å². The fourth-order valence-electron chi connectivity index (χ4n) is 1.16. The van der Waals surface area contributed by atoms with Crippen molar-refractivity contribution in [3.8, 4) is 0 Å². The molecule has 0 spiro atoms. The van der Waals surface area contributed by atoms with E-state index in [-0.39, 0.29) is 5.38 Å². The van der Waals surface area contributed by atoms with E-state index in [4.69, 9.17) is 11.6 Å². The van der Waals surface area contributed by atoms with Crippen LogP contribution in [0.2, 0.25) is 0 Å². The lowest BCUT2D eigenvalue weighted by Gasteiger charge is -1.93. The van der Waals surface area contributed by atoms with E-state index < -0.39 is 0 Å². The fourth-order valence-corrected chi connectivity index (χ4v) is 1.26. The zero-order chi connectivity index (χ0) is 8.55. The molecule has 0 aliphatic carbocycles. The third-order valence-corrected chi connectivity index (χ3v) is 1.99. The van der Waals surface area contributed by atoms with Crippen molar-refractivity contribution in [3.63, 3.8) is 0 Å². The molecule has 0 fully saturated rings. The number of hydrogen-bond acceptors (Lipinski definition) is 1. The predicted molar refractivity (Wildman–Crippen MR) is 50.4 cm³/mol. The lowest BCUT2D eigenvalue weighted by molar-refractivity contribution is 0.962. The Kier molecular flexibility index (Phi) is 1.77. The van der Waals surface area contributed by atoms with Crippen LogP contribution in [0.4, 0.5) is 0 Å². The first-order valence-electron chi connectivity index (χ1n) is 3.86. The number of alkyl halides is 1. The fraction of sp³-hybridized carbons (Fsp3) is 0.222. The van der Waals surface area contributed by atoms with Crippen LogP contribution in [-0.4, -0.2) is 9.97 Å². The lowest BCUT2D eigenvalue weighted by atomic mass is 10.3. The Morgan fingerprint density at radius 2 is 2.17 bits per heavy atom. The zero-order valence-electron chi connectivity index (χ0n) is 6.71. The maximum absolute atomic E-state index is 5.88. The summed E-state index contributed by atoms with van der Waals surface area (Å²) in [6.45, 7) is 1.90. The smallest absolute Gasteiger partial charge is 0.125 e. The van der Waals surface area contributed by atoms with Crippen LogP contribution in [0.1, 0.15) is 18.1 Å². The van der Waals surface area contributed by atoms with Crippen LogP contribution in [0.15, 0.2) is 24.3 Å². The highest BCUT2D eigenvalue weighted by Crippen LogP contribution is 2.19. The van der Waals surface area contributed by atoms with Crippen molar-refractivity contribution in [2.75, 3.05) is 0 Å². The largest absolute Gasteiger partial charge is 0.341 e. The van der Waals surface area contributed by atoms with Crippen LogP contribution in [0.3, 0.4) is 0 Å². The van der Waals surface area contributed by atoms with Gasteiger partial charge in [0.1, 0.15) is 5.82 Å². The van der Waals surface area contributed by atoms with E-state index in [1.165, 1.54) is 0 Å². The maximum Gasteiger partial charge on any atom is 0.125 e. The number of aromatic nitrogens is 2. The first-order chi connectivity index (χ1) is 5.77. The van der Waals surface area contributed by atoms with E-state index in [0.717, 1.165) is 16.9 Å². The molecular formula is C9H9ClN2. The maximum atomic E-state index is 5.88. The standard InChI is InChI=1S/C9H9ClN2/c1-6(10)9-11-7-4-2-3-5-8(7)12-9/h2-6H,1H3,(H,11,12)/t6-/m1/s1. The number of H-pyrrole nitrogens is 1. The average Bonchev–Trinajstić information content (AvgIpc) is 2.46. The van der Waals surface area contributed by atoms with Crippen molar-refractivity contribution in [1.29, 1.82) is 0 Å². The van der Waals surface area contributed by atoms with Crippen LogP contribution < -0.4 is 0 Å². The number of hydrogen-bond donors (Lipinski definition) is 1. The molecule has 62 valence electrons. The van der Waals surface area contributed by atoms with Gasteiger partial charge in [0.25, 0.3) is 0 Å². The summed E-state index contributed by atoms with van der Waals surface area (Å²) in [6.07, 6.45) is 0. The highest BCUT2D eigenvalue weighted by atomic mass is 35.5. The van der Waals surface area contributed by atoms with Gasteiger partial charge in [-0.15, -0.1) is 11.6 Å². The molecular weight excluding hydrogens is 172 g/mol. The quantitative estimate of drug-likeness (QED) is 0.672. The topological polar surface area (TPSA) is 28.7 Å². The first-order valence-corrected chi connectivity index (χ1v) is 4.30. The summed E-state index contributed by atoms with van der Waals surface area (Å²) in [7, 11) is 0. The summed E-state index contributed by atoms with van der Waals surface area (Å²) < 4.78 is 0. The highest BCUT2D eigenvalue weighted by molar-refractivity contribution is 6.20. The number of nitrogens with zero attached hydrogens (tertiary/aromatic N) is 1. The minimum absolute atomic E-state index is 0.0580. The van der Waals surface area contributed by atoms with E-state index in [2.05, 4.69) is 9.97 Å². The molecule has 0 saturated carbocycles. The second kappa shape index (κ2) is 2.79. The van der Waals surface area contributed by atoms with Gasteiger partial charge in [0.05, 0.1) is 16.4 Å². The molecule has 1 N–H and O–H groups in total. The van der Waals surface area contributed by atoms with Gasteiger partial charge in [0, 0.05) is 0 Å². The Morgan fingerprint density at radius 3 is 2.83 bits per heavy atom. The zero-order valence-corrected chi connectivity index (χ0v) is 7.47. The highest BCUT2D eigenvalue weighted by Gasteiger charge is 2.05. The molecule has 0 radical (unpaired) electrons. The molecule has 1 aromatic carbocycles. The van der Waals surface area contributed by atoms with Crippen LogP contribution in [0.5, 0.6) is 0 Å². The number of imidazole rings is 1. The minimum atomic E-state index is -0.0580. The summed E-state index contributed by atoms with van der Waals surface area (Å²) in [4.78, 5) is 7.48. The summed E-state index contributed by atoms with van der Waals surface area (Å²) in [5, 5.41) is -0.0580. The number of rotatable bonds is 1. The lowest BCUT2D eigenvalue weighted by Crippen LogP contribution is -1.85. The van der Waals surface area contributed by atoms with Gasteiger partial charge in [0.15, 0.2) is 0 Å². The van der Waals surface area contributed by atoms with Gasteiger partial charge in [-0.05, 0) is 19.1 Å². The SMILES string of the molecule is C[C@@H](Cl)c1nc2ccccc2[nH]1. The second-order valence-electron chi connectivity index (χ2n) is 2.76. The Balaban J connectivity index is 2.62. The summed E-state index contributed by atoms with van der Waals surface area (Å²) >= 11 is 5.88. The van der Waals surface area contributed by atoms with Crippen LogP contribution in [0.25, 0.3) is 11.0 Å². The van der Waals surface area contributed by atoms with Crippen molar-refractivity contribution in [3.05, 3.63) is 30.1 Å². The number of aromatic amines is 1. The van der Waals surface area contributed by atoms with Crippen LogP contribution in [-0.2, 0) is 0 Å². The summed E-state index contributed by atoms with van der Waals surface area (Å²) in [5.74, 6) is 0.831.